The largest absolute Gasteiger partial charge is 0.465 e. The molecule has 4 rings (SSSR count). The molecule has 11 nitrogen and oxygen atoms in total. The zero-order valence-electron chi connectivity index (χ0n) is 22.2. The molecule has 3 heterocycles. The van der Waals surface area contributed by atoms with Crippen LogP contribution in [0.3, 0.4) is 0 Å². The highest BCUT2D eigenvalue weighted by Gasteiger charge is 2.38. The van der Waals surface area contributed by atoms with Crippen LogP contribution in [-0.2, 0) is 28.7 Å². The van der Waals surface area contributed by atoms with E-state index in [0.29, 0.717) is 12.4 Å². The molecule has 14 heteroatoms. The maximum atomic E-state index is 12.8. The van der Waals surface area contributed by atoms with Crippen LogP contribution in [0.25, 0.3) is 0 Å². The first-order valence-electron chi connectivity index (χ1n) is 12.3. The number of hydrogen-bond donors (Lipinski definition) is 3. The number of nitrogens with one attached hydrogen (secondary N) is 2. The number of nitrogens with zero attached hydrogens (tertiary/aromatic N) is 4. The van der Waals surface area contributed by atoms with Gasteiger partial charge in [0.25, 0.3) is 5.91 Å². The molecule has 212 valence electrons. The lowest BCUT2D eigenvalue weighted by Gasteiger charge is -2.22. The van der Waals surface area contributed by atoms with E-state index >= 15 is 0 Å². The smallest absolute Gasteiger partial charge is 0.411 e. The Morgan fingerprint density at radius 2 is 1.92 bits per heavy atom. The summed E-state index contributed by atoms with van der Waals surface area (Å²) in [6.07, 6.45) is -1.62. The van der Waals surface area contributed by atoms with Gasteiger partial charge in [-0.2, -0.15) is 23.4 Å². The second-order valence-corrected chi connectivity index (χ2v) is 10.7. The minimum atomic E-state index is -4.42. The number of ether oxygens (including phenoxy) is 2. The molecule has 0 spiro atoms. The molecule has 0 unspecified atom stereocenters. The maximum absolute atomic E-state index is 12.8. The van der Waals surface area contributed by atoms with E-state index in [1.54, 1.807) is 17.8 Å². The van der Waals surface area contributed by atoms with E-state index in [2.05, 4.69) is 25.6 Å². The van der Waals surface area contributed by atoms with Gasteiger partial charge in [-0.1, -0.05) is 0 Å². The molecule has 1 aliphatic carbocycles. The number of rotatable bonds is 7. The molecule has 0 aromatic carbocycles. The number of carboxylic acid groups (broad SMARTS) is 1. The van der Waals surface area contributed by atoms with Crippen LogP contribution >= 0.6 is 0 Å². The Morgan fingerprint density at radius 3 is 2.42 bits per heavy atom. The van der Waals surface area contributed by atoms with Crippen LogP contribution in [-0.4, -0.2) is 61.6 Å². The van der Waals surface area contributed by atoms with E-state index in [9.17, 15) is 22.8 Å². The molecule has 0 radical (unpaired) electrons. The van der Waals surface area contributed by atoms with E-state index in [0.717, 1.165) is 31.4 Å². The van der Waals surface area contributed by atoms with Crippen molar-refractivity contribution in [2.24, 2.45) is 7.05 Å². The number of aromatic nitrogens is 4. The summed E-state index contributed by atoms with van der Waals surface area (Å²) in [5.74, 6) is 0.0606. The van der Waals surface area contributed by atoms with E-state index in [-0.39, 0.29) is 35.2 Å². The lowest BCUT2D eigenvalue weighted by atomic mass is 10.1. The second kappa shape index (κ2) is 11.3. The number of halogens is 3. The molecule has 1 aliphatic heterocycles. The fourth-order valence-electron chi connectivity index (χ4n) is 3.80. The molecule has 2 aliphatic rings. The maximum Gasteiger partial charge on any atom is 0.411 e. The number of amides is 2. The minimum Gasteiger partial charge on any atom is -0.465 e. The standard InChI is InChI=1S/C19H26F3N5O3.C5H9NO2/c1-18(2,3)27-16(9-13(25-27)15-6-5-7-30-15)23-17(28)14-8-12(24-26(14)4)10-29-11-19(20,21)22;1-5(2-3-5)6-4(7)8/h8-9,15H,5-7,10-11H2,1-4H3,(H,23,28);6H,2-3H2,1H3,(H,7,8)/t15-;/m1./s1. The third kappa shape index (κ3) is 8.45. The predicted octanol–water partition coefficient (Wildman–Crippen LogP) is 4.36. The van der Waals surface area contributed by atoms with Crippen molar-refractivity contribution in [3.8, 4) is 0 Å². The Morgan fingerprint density at radius 1 is 1.24 bits per heavy atom. The number of carbonyl (C=O) groups is 2. The lowest BCUT2D eigenvalue weighted by Crippen LogP contribution is -2.32. The van der Waals surface area contributed by atoms with Crippen molar-refractivity contribution in [3.05, 3.63) is 29.2 Å². The minimum absolute atomic E-state index is 0.0775. The molecule has 0 bridgehead atoms. The molecule has 1 atom stereocenters. The van der Waals surface area contributed by atoms with Gasteiger partial charge in [0.2, 0.25) is 0 Å². The third-order valence-corrected chi connectivity index (χ3v) is 5.95. The van der Waals surface area contributed by atoms with Crippen molar-refractivity contribution in [3.63, 3.8) is 0 Å². The van der Waals surface area contributed by atoms with Crippen molar-refractivity contribution < 1.29 is 37.3 Å². The first kappa shape index (κ1) is 29.4. The average molecular weight is 545 g/mol. The van der Waals surface area contributed by atoms with Gasteiger partial charge in [-0.05, 0) is 59.4 Å². The molecule has 2 aromatic heterocycles. The summed E-state index contributed by atoms with van der Waals surface area (Å²) in [5, 5.41) is 22.1. The number of carbonyl (C=O) groups excluding carboxylic acids is 1. The Labute approximate surface area is 218 Å². The molecule has 2 amide bonds. The van der Waals surface area contributed by atoms with Gasteiger partial charge < -0.3 is 25.2 Å². The Hall–Kier alpha value is -3.13. The van der Waals surface area contributed by atoms with Gasteiger partial charge in [-0.15, -0.1) is 0 Å². The second-order valence-electron chi connectivity index (χ2n) is 10.7. The van der Waals surface area contributed by atoms with Gasteiger partial charge in [0, 0.05) is 25.3 Å². The molecule has 38 heavy (non-hydrogen) atoms. The zero-order chi connectivity index (χ0) is 28.3. The van der Waals surface area contributed by atoms with E-state index in [4.69, 9.17) is 9.84 Å². The fourth-order valence-corrected chi connectivity index (χ4v) is 3.80. The first-order valence-corrected chi connectivity index (χ1v) is 12.3. The summed E-state index contributed by atoms with van der Waals surface area (Å²) in [6.45, 7) is 6.77. The molecule has 3 N–H and O–H groups in total. The van der Waals surface area contributed by atoms with Crippen LogP contribution in [0.2, 0.25) is 0 Å². The Bertz CT molecular complexity index is 1130. The van der Waals surface area contributed by atoms with Gasteiger partial charge in [-0.25, -0.2) is 9.48 Å². The summed E-state index contributed by atoms with van der Waals surface area (Å²) < 4.78 is 50.0. The zero-order valence-corrected chi connectivity index (χ0v) is 22.2. The molecule has 1 saturated heterocycles. The van der Waals surface area contributed by atoms with Crippen molar-refractivity contribution in [1.29, 1.82) is 0 Å². The fraction of sp³-hybridized carbons (Fsp3) is 0.667. The average Bonchev–Trinajstić information content (AvgIpc) is 3.21. The van der Waals surface area contributed by atoms with Gasteiger partial charge >= 0.3 is 12.3 Å². The number of hydrogen-bond acceptors (Lipinski definition) is 6. The van der Waals surface area contributed by atoms with Crippen LogP contribution in [0.1, 0.15) is 81.4 Å². The number of aryl methyl sites for hydroxylation is 1. The SMILES string of the molecule is CC1(NC(=O)O)CC1.Cn1nc(COCC(F)(F)F)cc1C(=O)Nc1cc([C@H]2CCCO2)nn1C(C)(C)C. The van der Waals surface area contributed by atoms with Gasteiger partial charge in [0.15, 0.2) is 0 Å². The monoisotopic (exact) mass is 544 g/mol. The van der Waals surface area contributed by atoms with Crippen LogP contribution in [0.15, 0.2) is 12.1 Å². The van der Waals surface area contributed by atoms with E-state index < -0.39 is 24.8 Å². The topological polar surface area (TPSA) is 133 Å². The lowest BCUT2D eigenvalue weighted by molar-refractivity contribution is -0.176. The van der Waals surface area contributed by atoms with Crippen LogP contribution in [0, 0.1) is 0 Å². The molecule has 2 fully saturated rings. The van der Waals surface area contributed by atoms with Crippen molar-refractivity contribution in [1.82, 2.24) is 24.9 Å². The highest BCUT2D eigenvalue weighted by Crippen LogP contribution is 2.34. The number of anilines is 1. The molecular formula is C24H35F3N6O5. The van der Waals surface area contributed by atoms with Crippen molar-refractivity contribution >= 4 is 17.8 Å². The van der Waals surface area contributed by atoms with Gasteiger partial charge in [0.05, 0.1) is 23.5 Å². The summed E-state index contributed by atoms with van der Waals surface area (Å²) in [4.78, 5) is 22.8. The molecular weight excluding hydrogens is 509 g/mol. The Balaban J connectivity index is 0.000000427. The van der Waals surface area contributed by atoms with Crippen LogP contribution < -0.4 is 10.6 Å². The Kier molecular flexibility index (Phi) is 8.76. The predicted molar refractivity (Wildman–Crippen MR) is 131 cm³/mol. The van der Waals surface area contributed by atoms with Crippen molar-refractivity contribution in [2.45, 2.75) is 83.3 Å². The first-order chi connectivity index (χ1) is 17.6. The molecule has 1 saturated carbocycles. The number of alkyl halides is 3. The van der Waals surface area contributed by atoms with Crippen LogP contribution in [0.4, 0.5) is 23.8 Å². The van der Waals surface area contributed by atoms with Gasteiger partial charge in [-0.3, -0.25) is 9.48 Å². The highest BCUT2D eigenvalue weighted by molar-refractivity contribution is 6.02. The summed E-state index contributed by atoms with van der Waals surface area (Å²) >= 11 is 0. The quantitative estimate of drug-likeness (QED) is 0.472. The van der Waals surface area contributed by atoms with Gasteiger partial charge in [0.1, 0.15) is 24.2 Å². The highest BCUT2D eigenvalue weighted by atomic mass is 19.4. The van der Waals surface area contributed by atoms with Crippen LogP contribution in [0.5, 0.6) is 0 Å². The summed E-state index contributed by atoms with van der Waals surface area (Å²) in [6, 6.07) is 3.20. The van der Waals surface area contributed by atoms with Crippen molar-refractivity contribution in [2.75, 3.05) is 18.5 Å². The third-order valence-electron chi connectivity index (χ3n) is 5.95. The normalized spacial score (nSPS) is 18.5. The summed E-state index contributed by atoms with van der Waals surface area (Å²) in [7, 11) is 1.54. The molecule has 2 aromatic rings. The van der Waals surface area contributed by atoms with E-state index in [1.165, 1.54) is 10.7 Å². The summed E-state index contributed by atoms with van der Waals surface area (Å²) in [5.41, 5.74) is 0.718. The van der Waals surface area contributed by atoms with E-state index in [1.807, 2.05) is 27.7 Å².